The van der Waals surface area contributed by atoms with Crippen molar-refractivity contribution in [3.05, 3.63) is 53.4 Å². The summed E-state index contributed by atoms with van der Waals surface area (Å²) in [4.78, 5) is 15.8. The Hall–Kier alpha value is -3.49. The minimum absolute atomic E-state index is 0.0196. The van der Waals surface area contributed by atoms with E-state index in [2.05, 4.69) is 20.0 Å². The Bertz CT molecular complexity index is 1110. The molecule has 0 bridgehead atoms. The molecule has 0 aliphatic rings. The summed E-state index contributed by atoms with van der Waals surface area (Å²) in [6, 6.07) is 7.29. The van der Waals surface area contributed by atoms with E-state index in [1.807, 2.05) is 22.6 Å². The quantitative estimate of drug-likeness (QED) is 0.310. The maximum Gasteiger partial charge on any atom is 0.311 e. The van der Waals surface area contributed by atoms with Gasteiger partial charge in [0.15, 0.2) is 11.3 Å². The molecule has 4 aromatic rings. The van der Waals surface area contributed by atoms with Crippen molar-refractivity contribution >= 4 is 22.5 Å². The van der Waals surface area contributed by atoms with Crippen LogP contribution in [0.3, 0.4) is 0 Å². The number of fused-ring (bicyclic) bond motifs is 3. The molecule has 1 aromatic carbocycles. The summed E-state index contributed by atoms with van der Waals surface area (Å²) in [7, 11) is 1.32. The highest BCUT2D eigenvalue weighted by Crippen LogP contribution is 2.21. The van der Waals surface area contributed by atoms with E-state index in [9.17, 15) is 10.0 Å². The van der Waals surface area contributed by atoms with Gasteiger partial charge in [-0.25, -0.2) is 4.98 Å². The van der Waals surface area contributed by atoms with Crippen molar-refractivity contribution in [3.8, 4) is 5.82 Å². The first-order valence-electron chi connectivity index (χ1n) is 7.56. The van der Waals surface area contributed by atoms with Crippen molar-refractivity contribution in [3.63, 3.8) is 0 Å². The first-order chi connectivity index (χ1) is 12.1. The van der Waals surface area contributed by atoms with Gasteiger partial charge < -0.3 is 9.94 Å². The van der Waals surface area contributed by atoms with Gasteiger partial charge in [-0.1, -0.05) is 17.3 Å². The molecule has 0 aliphatic carbocycles. The molecule has 0 spiro atoms. The minimum Gasteiger partial charge on any atom is -0.618 e. The number of carbonyl (C=O) groups excluding carboxylic acids is 1. The highest BCUT2D eigenvalue weighted by Gasteiger charge is 2.21. The van der Waals surface area contributed by atoms with Crippen molar-refractivity contribution in [1.29, 1.82) is 0 Å². The summed E-state index contributed by atoms with van der Waals surface area (Å²) in [5, 5.41) is 20.6. The maximum absolute atomic E-state index is 12.6. The Balaban J connectivity index is 1.91. The molecule has 0 atom stereocenters. The van der Waals surface area contributed by atoms with Crippen LogP contribution in [0.15, 0.2) is 36.8 Å². The molecule has 0 saturated carbocycles. The second kappa shape index (κ2) is 5.55. The molecule has 0 aliphatic heterocycles. The summed E-state index contributed by atoms with van der Waals surface area (Å²) >= 11 is 0. The van der Waals surface area contributed by atoms with E-state index in [-0.39, 0.29) is 6.42 Å². The largest absolute Gasteiger partial charge is 0.618 e. The van der Waals surface area contributed by atoms with Crippen LogP contribution >= 0.6 is 0 Å². The third-order valence-corrected chi connectivity index (χ3v) is 4.07. The Morgan fingerprint density at radius 1 is 1.36 bits per heavy atom. The van der Waals surface area contributed by atoms with Crippen LogP contribution in [-0.4, -0.2) is 37.5 Å². The van der Waals surface area contributed by atoms with E-state index in [0.29, 0.717) is 28.2 Å². The van der Waals surface area contributed by atoms with Crippen LogP contribution in [0.25, 0.3) is 22.4 Å². The fourth-order valence-corrected chi connectivity index (χ4v) is 2.84. The molecule has 0 N–H and O–H groups in total. The summed E-state index contributed by atoms with van der Waals surface area (Å²) in [5.41, 5.74) is 2.88. The van der Waals surface area contributed by atoms with Crippen LogP contribution < -0.4 is 4.73 Å². The smallest absolute Gasteiger partial charge is 0.311 e. The average Bonchev–Trinajstić information content (AvgIpc) is 3.26. The van der Waals surface area contributed by atoms with Gasteiger partial charge in [-0.2, -0.15) is 9.41 Å². The first-order valence-corrected chi connectivity index (χ1v) is 7.56. The molecule has 0 saturated heterocycles. The highest BCUT2D eigenvalue weighted by atomic mass is 16.5. The summed E-state index contributed by atoms with van der Waals surface area (Å²) < 4.78 is 8.80. The van der Waals surface area contributed by atoms with Gasteiger partial charge in [0.2, 0.25) is 11.2 Å². The van der Waals surface area contributed by atoms with Gasteiger partial charge >= 0.3 is 5.97 Å². The molecule has 126 valence electrons. The van der Waals surface area contributed by atoms with E-state index in [1.165, 1.54) is 11.8 Å². The second-order valence-electron chi connectivity index (χ2n) is 5.56. The molecule has 0 amide bonds. The van der Waals surface area contributed by atoms with Gasteiger partial charge in [-0.15, -0.1) is 5.10 Å². The Morgan fingerprint density at radius 3 is 2.96 bits per heavy atom. The molecule has 25 heavy (non-hydrogen) atoms. The number of methoxy groups -OCH3 is 1. The van der Waals surface area contributed by atoms with Crippen LogP contribution in [-0.2, 0) is 16.0 Å². The van der Waals surface area contributed by atoms with Crippen molar-refractivity contribution in [2.24, 2.45) is 0 Å². The number of hydrogen-bond acceptors (Lipinski definition) is 6. The normalized spacial score (nSPS) is 11.3. The minimum atomic E-state index is -0.402. The zero-order chi connectivity index (χ0) is 17.6. The number of benzene rings is 1. The molecular weight excluding hydrogens is 324 g/mol. The van der Waals surface area contributed by atoms with E-state index >= 15 is 0 Å². The number of hydrogen-bond donors (Lipinski definition) is 0. The number of para-hydroxylation sites is 2. The number of esters is 1. The lowest BCUT2D eigenvalue weighted by Gasteiger charge is -2.08. The zero-order valence-electron chi connectivity index (χ0n) is 13.6. The third kappa shape index (κ3) is 2.28. The number of carbonyl (C=O) groups is 1. The fourth-order valence-electron chi connectivity index (χ4n) is 2.84. The molecule has 9 heteroatoms. The lowest BCUT2D eigenvalue weighted by molar-refractivity contribution is -0.583. The highest BCUT2D eigenvalue weighted by molar-refractivity contribution is 5.78. The third-order valence-electron chi connectivity index (χ3n) is 4.07. The predicted octanol–water partition coefficient (Wildman–Crippen LogP) is 0.726. The summed E-state index contributed by atoms with van der Waals surface area (Å²) in [6.07, 6.45) is 3.26. The van der Waals surface area contributed by atoms with Crippen molar-refractivity contribution in [2.45, 2.75) is 13.3 Å². The van der Waals surface area contributed by atoms with Crippen molar-refractivity contribution in [1.82, 2.24) is 24.4 Å². The molecule has 9 nitrogen and oxygen atoms in total. The van der Waals surface area contributed by atoms with Gasteiger partial charge in [0.1, 0.15) is 11.8 Å². The Kier molecular flexibility index (Phi) is 3.34. The molecule has 0 radical (unpaired) electrons. The van der Waals surface area contributed by atoms with Crippen LogP contribution in [0.2, 0.25) is 0 Å². The molecule has 0 unspecified atom stereocenters. The molecule has 0 fully saturated rings. The standard InChI is InChI=1S/C16H14N6O3/c1-10-15-16(21-8-11(18-19-21)7-14(23)25-2)17-9-20(15)12-5-3-4-6-13(12)22(10)24/h3-6,8-9H,7H2,1-2H3. The van der Waals surface area contributed by atoms with E-state index in [1.54, 1.807) is 25.5 Å². The van der Waals surface area contributed by atoms with E-state index in [4.69, 9.17) is 0 Å². The van der Waals surface area contributed by atoms with Crippen LogP contribution in [0, 0.1) is 12.1 Å². The van der Waals surface area contributed by atoms with Crippen molar-refractivity contribution in [2.75, 3.05) is 7.11 Å². The Morgan fingerprint density at radius 2 is 2.16 bits per heavy atom. The molecular formula is C16H14N6O3. The van der Waals surface area contributed by atoms with Gasteiger partial charge in [-0.3, -0.25) is 9.20 Å². The number of rotatable bonds is 3. The first kappa shape index (κ1) is 15.1. The van der Waals surface area contributed by atoms with E-state index in [0.717, 1.165) is 10.2 Å². The Labute approximate surface area is 141 Å². The second-order valence-corrected chi connectivity index (χ2v) is 5.56. The molecule has 3 aromatic heterocycles. The van der Waals surface area contributed by atoms with Crippen LogP contribution in [0.4, 0.5) is 0 Å². The van der Waals surface area contributed by atoms with Crippen LogP contribution in [0.1, 0.15) is 11.4 Å². The van der Waals surface area contributed by atoms with E-state index < -0.39 is 5.97 Å². The van der Waals surface area contributed by atoms with Gasteiger partial charge in [0.25, 0.3) is 0 Å². The van der Waals surface area contributed by atoms with Crippen LogP contribution in [0.5, 0.6) is 0 Å². The van der Waals surface area contributed by atoms with Crippen molar-refractivity contribution < 1.29 is 14.3 Å². The fraction of sp³-hybridized carbons (Fsp3) is 0.188. The van der Waals surface area contributed by atoms with Gasteiger partial charge in [0, 0.05) is 13.0 Å². The number of aromatic nitrogens is 6. The van der Waals surface area contributed by atoms with Gasteiger partial charge in [-0.05, 0) is 6.07 Å². The topological polar surface area (TPSA) is 101 Å². The number of aryl methyl sites for hydroxylation is 1. The lowest BCUT2D eigenvalue weighted by atomic mass is 10.2. The SMILES string of the molecule is COC(=O)Cc1cn(-c2ncn3c2c(C)[n+]([O-])c2ccccc23)nn1. The molecule has 4 rings (SSSR count). The van der Waals surface area contributed by atoms with Gasteiger partial charge in [0.05, 0.1) is 25.4 Å². The predicted molar refractivity (Wildman–Crippen MR) is 87.0 cm³/mol. The summed E-state index contributed by atoms with van der Waals surface area (Å²) in [5.74, 6) is 0.0674. The maximum atomic E-state index is 12.6. The lowest BCUT2D eigenvalue weighted by Crippen LogP contribution is -2.32. The molecule has 3 heterocycles. The number of ether oxygens (including phenoxy) is 1. The monoisotopic (exact) mass is 338 g/mol. The number of nitrogens with zero attached hydrogens (tertiary/aromatic N) is 6. The number of imidazole rings is 1. The average molecular weight is 338 g/mol. The summed E-state index contributed by atoms with van der Waals surface area (Å²) in [6.45, 7) is 1.73. The zero-order valence-corrected chi connectivity index (χ0v) is 13.6.